The number of aryl methyl sites for hydroxylation is 1. The fourth-order valence-electron chi connectivity index (χ4n) is 3.18. The van der Waals surface area contributed by atoms with Crippen LogP contribution in [0, 0.1) is 12.4 Å². The Bertz CT molecular complexity index is 1130. The van der Waals surface area contributed by atoms with Gasteiger partial charge in [-0.25, -0.2) is 14.2 Å². The van der Waals surface area contributed by atoms with Gasteiger partial charge in [0.2, 0.25) is 5.69 Å². The first-order chi connectivity index (χ1) is 14.0. The molecule has 5 nitrogen and oxygen atoms in total. The molecule has 0 unspecified atom stereocenters. The number of nitrogens with zero attached hydrogens (tertiary/aromatic N) is 3. The highest BCUT2D eigenvalue weighted by atomic mass is 19.1. The van der Waals surface area contributed by atoms with Gasteiger partial charge in [-0.05, 0) is 30.2 Å². The van der Waals surface area contributed by atoms with Crippen molar-refractivity contribution in [1.29, 1.82) is 0 Å². The Morgan fingerprint density at radius 1 is 1.17 bits per heavy atom. The van der Waals surface area contributed by atoms with Crippen LogP contribution in [0.4, 0.5) is 10.1 Å². The van der Waals surface area contributed by atoms with Crippen LogP contribution in [-0.4, -0.2) is 16.7 Å². The third-order valence-corrected chi connectivity index (χ3v) is 4.86. The van der Waals surface area contributed by atoms with Crippen LogP contribution < -0.4 is 10.3 Å². The first-order valence-electron chi connectivity index (χ1n) is 9.41. The summed E-state index contributed by atoms with van der Waals surface area (Å²) in [7, 11) is 3.28. The largest absolute Gasteiger partial charge is 0.497 e. The minimum absolute atomic E-state index is 0.0604. The SMILES string of the molecule is [C-]#[N+]c1ccc(-c2nc(CCCC)n(C)c(=O)c2-c2ccc(OC)cc2)cc1F. The lowest BCUT2D eigenvalue weighted by Crippen LogP contribution is -2.25. The van der Waals surface area contributed by atoms with Crippen molar-refractivity contribution < 1.29 is 9.13 Å². The minimum Gasteiger partial charge on any atom is -0.497 e. The summed E-state index contributed by atoms with van der Waals surface area (Å²) in [6, 6.07) is 11.4. The Morgan fingerprint density at radius 3 is 2.45 bits per heavy atom. The molecule has 1 aromatic heterocycles. The molecule has 0 fully saturated rings. The minimum atomic E-state index is -0.629. The van der Waals surface area contributed by atoms with Gasteiger partial charge in [-0.2, -0.15) is 0 Å². The molecule has 0 aliphatic carbocycles. The summed E-state index contributed by atoms with van der Waals surface area (Å²) in [5, 5.41) is 0. The molecule has 1 heterocycles. The van der Waals surface area contributed by atoms with Crippen molar-refractivity contribution in [3.8, 4) is 28.1 Å². The Balaban J connectivity index is 2.28. The quantitative estimate of drug-likeness (QED) is 0.546. The fraction of sp³-hybridized carbons (Fsp3) is 0.261. The Morgan fingerprint density at radius 2 is 1.86 bits per heavy atom. The first kappa shape index (κ1) is 20.3. The highest BCUT2D eigenvalue weighted by Gasteiger charge is 2.19. The van der Waals surface area contributed by atoms with Crippen molar-refractivity contribution in [2.75, 3.05) is 7.11 Å². The molecule has 0 bridgehead atoms. The predicted molar refractivity (Wildman–Crippen MR) is 112 cm³/mol. The van der Waals surface area contributed by atoms with Crippen LogP contribution in [0.15, 0.2) is 47.3 Å². The van der Waals surface area contributed by atoms with Crippen LogP contribution in [0.3, 0.4) is 0 Å². The Hall–Kier alpha value is -3.46. The van der Waals surface area contributed by atoms with E-state index in [0.717, 1.165) is 12.8 Å². The highest BCUT2D eigenvalue weighted by Crippen LogP contribution is 2.32. The van der Waals surface area contributed by atoms with Gasteiger partial charge in [0.15, 0.2) is 0 Å². The average Bonchev–Trinajstić information content (AvgIpc) is 2.74. The second kappa shape index (κ2) is 8.70. The van der Waals surface area contributed by atoms with Crippen LogP contribution >= 0.6 is 0 Å². The highest BCUT2D eigenvalue weighted by molar-refractivity contribution is 5.81. The van der Waals surface area contributed by atoms with Crippen molar-refractivity contribution in [1.82, 2.24) is 9.55 Å². The fourth-order valence-corrected chi connectivity index (χ4v) is 3.18. The Labute approximate surface area is 169 Å². The van der Waals surface area contributed by atoms with Crippen LogP contribution in [0.2, 0.25) is 0 Å². The molecule has 0 radical (unpaired) electrons. The van der Waals surface area contributed by atoms with Gasteiger partial charge in [0.25, 0.3) is 5.56 Å². The van der Waals surface area contributed by atoms with Crippen LogP contribution in [0.25, 0.3) is 27.2 Å². The smallest absolute Gasteiger partial charge is 0.261 e. The summed E-state index contributed by atoms with van der Waals surface area (Å²) in [5.41, 5.74) is 1.70. The summed E-state index contributed by atoms with van der Waals surface area (Å²) in [6.07, 6.45) is 2.52. The van der Waals surface area contributed by atoms with Crippen molar-refractivity contribution in [3.05, 3.63) is 75.9 Å². The number of methoxy groups -OCH3 is 1. The molecule has 0 N–H and O–H groups in total. The number of halogens is 1. The van der Waals surface area contributed by atoms with Gasteiger partial charge >= 0.3 is 0 Å². The summed E-state index contributed by atoms with van der Waals surface area (Å²) in [5.74, 6) is 0.696. The molecule has 3 rings (SSSR count). The first-order valence-corrected chi connectivity index (χ1v) is 9.41. The van der Waals surface area contributed by atoms with Gasteiger partial charge in [0.05, 0.1) is 24.9 Å². The molecule has 0 atom stereocenters. The zero-order valence-corrected chi connectivity index (χ0v) is 16.7. The maximum atomic E-state index is 14.3. The van der Waals surface area contributed by atoms with E-state index in [9.17, 15) is 9.18 Å². The number of hydrogen-bond acceptors (Lipinski definition) is 3. The van der Waals surface area contributed by atoms with E-state index in [0.29, 0.717) is 40.4 Å². The van der Waals surface area contributed by atoms with Gasteiger partial charge < -0.3 is 4.74 Å². The maximum absolute atomic E-state index is 14.3. The summed E-state index contributed by atoms with van der Waals surface area (Å²) < 4.78 is 21.1. The molecular formula is C23H22FN3O2. The summed E-state index contributed by atoms with van der Waals surface area (Å²) >= 11 is 0. The molecule has 6 heteroatoms. The van der Waals surface area contributed by atoms with E-state index in [2.05, 4.69) is 11.8 Å². The molecule has 0 aliphatic heterocycles. The molecule has 2 aromatic carbocycles. The molecular weight excluding hydrogens is 369 g/mol. The molecule has 0 saturated heterocycles. The van der Waals surface area contributed by atoms with Crippen molar-refractivity contribution >= 4 is 5.69 Å². The molecule has 0 spiro atoms. The number of rotatable bonds is 6. The Kier molecular flexibility index (Phi) is 6.08. The second-order valence-electron chi connectivity index (χ2n) is 6.73. The van der Waals surface area contributed by atoms with Gasteiger partial charge in [-0.1, -0.05) is 37.6 Å². The van der Waals surface area contributed by atoms with Gasteiger partial charge in [-0.15, -0.1) is 0 Å². The van der Waals surface area contributed by atoms with E-state index >= 15 is 0 Å². The lowest BCUT2D eigenvalue weighted by Gasteiger charge is -2.15. The molecule has 0 saturated carbocycles. The van der Waals surface area contributed by atoms with E-state index in [1.54, 1.807) is 49.1 Å². The predicted octanol–water partition coefficient (Wildman–Crippen LogP) is 5.16. The molecule has 0 amide bonds. The van der Waals surface area contributed by atoms with Crippen molar-refractivity contribution in [2.24, 2.45) is 7.05 Å². The monoisotopic (exact) mass is 391 g/mol. The topological polar surface area (TPSA) is 48.5 Å². The summed E-state index contributed by atoms with van der Waals surface area (Å²) in [4.78, 5) is 21.2. The number of ether oxygens (including phenoxy) is 1. The molecule has 3 aromatic rings. The lowest BCUT2D eigenvalue weighted by molar-refractivity contribution is 0.415. The number of unbranched alkanes of at least 4 members (excludes halogenated alkanes) is 1. The average molecular weight is 391 g/mol. The summed E-state index contributed by atoms with van der Waals surface area (Å²) in [6.45, 7) is 9.12. The van der Waals surface area contributed by atoms with E-state index in [1.165, 1.54) is 12.1 Å². The third kappa shape index (κ3) is 4.04. The van der Waals surface area contributed by atoms with E-state index in [4.69, 9.17) is 16.3 Å². The van der Waals surface area contributed by atoms with Crippen molar-refractivity contribution in [3.63, 3.8) is 0 Å². The van der Waals surface area contributed by atoms with Crippen LogP contribution in [0.1, 0.15) is 25.6 Å². The van der Waals surface area contributed by atoms with Gasteiger partial charge in [0, 0.05) is 19.0 Å². The number of benzene rings is 2. The zero-order valence-electron chi connectivity index (χ0n) is 16.7. The van der Waals surface area contributed by atoms with Crippen LogP contribution in [-0.2, 0) is 13.5 Å². The van der Waals surface area contributed by atoms with Crippen LogP contribution in [0.5, 0.6) is 5.75 Å². The van der Waals surface area contributed by atoms with E-state index in [-0.39, 0.29) is 11.2 Å². The molecule has 0 aliphatic rings. The second-order valence-corrected chi connectivity index (χ2v) is 6.73. The maximum Gasteiger partial charge on any atom is 0.261 e. The zero-order chi connectivity index (χ0) is 21.0. The van der Waals surface area contributed by atoms with Crippen molar-refractivity contribution in [2.45, 2.75) is 26.2 Å². The standard InChI is InChI=1S/C23H22FN3O2/c1-5-6-7-20-26-22(16-10-13-19(25-2)18(24)14-16)21(23(28)27(20)3)15-8-11-17(29-4)12-9-15/h8-14H,5-7H2,1,3-4H3. The number of hydrogen-bond donors (Lipinski definition) is 0. The molecule has 148 valence electrons. The lowest BCUT2D eigenvalue weighted by atomic mass is 9.99. The van der Waals surface area contributed by atoms with Gasteiger partial charge in [-0.3, -0.25) is 9.36 Å². The number of aromatic nitrogens is 2. The molecule has 29 heavy (non-hydrogen) atoms. The third-order valence-electron chi connectivity index (χ3n) is 4.86. The normalized spacial score (nSPS) is 10.6. The van der Waals surface area contributed by atoms with E-state index < -0.39 is 5.82 Å². The van der Waals surface area contributed by atoms with Gasteiger partial charge in [0.1, 0.15) is 17.4 Å². The van der Waals surface area contributed by atoms with E-state index in [1.807, 2.05) is 0 Å².